The van der Waals surface area contributed by atoms with Gasteiger partial charge >= 0.3 is 12.0 Å². The number of carbonyl (C=O) groups excluding carboxylic acids is 2. The zero-order valence-corrected chi connectivity index (χ0v) is 12.6. The van der Waals surface area contributed by atoms with Crippen molar-refractivity contribution < 1.29 is 19.5 Å². The van der Waals surface area contributed by atoms with Crippen LogP contribution in [0.2, 0.25) is 0 Å². The molecule has 3 amide bonds. The summed E-state index contributed by atoms with van der Waals surface area (Å²) >= 11 is 0. The van der Waals surface area contributed by atoms with E-state index in [1.54, 1.807) is 29.2 Å². The summed E-state index contributed by atoms with van der Waals surface area (Å²) in [5.74, 6) is -1.46. The molecule has 1 fully saturated rings. The van der Waals surface area contributed by atoms with Crippen molar-refractivity contribution in [3.05, 3.63) is 29.8 Å². The van der Waals surface area contributed by atoms with Crippen LogP contribution in [0.25, 0.3) is 0 Å². The number of benzene rings is 1. The van der Waals surface area contributed by atoms with Crippen LogP contribution in [0.15, 0.2) is 24.3 Å². The van der Waals surface area contributed by atoms with Gasteiger partial charge in [0.05, 0.1) is 0 Å². The SMILES string of the molecule is C[C@@H](C(=O)O)N(C)C(=O)c1cccc(N2CCCNC2=O)c1. The number of carbonyl (C=O) groups is 3. The predicted molar refractivity (Wildman–Crippen MR) is 81.0 cm³/mol. The van der Waals surface area contributed by atoms with E-state index < -0.39 is 17.9 Å². The standard InChI is InChI=1S/C15H19N3O4/c1-10(14(20)21)17(2)13(19)11-5-3-6-12(9-11)18-8-4-7-16-15(18)22/h3,5-6,9-10H,4,7-8H2,1-2H3,(H,16,22)(H,20,21)/t10-/m0/s1. The molecule has 118 valence electrons. The average Bonchev–Trinajstić information content (AvgIpc) is 2.53. The Morgan fingerprint density at radius 2 is 2.14 bits per heavy atom. The zero-order valence-electron chi connectivity index (χ0n) is 12.6. The number of rotatable bonds is 4. The van der Waals surface area contributed by atoms with Gasteiger partial charge in [0, 0.05) is 31.4 Å². The topological polar surface area (TPSA) is 89.9 Å². The molecule has 7 nitrogen and oxygen atoms in total. The molecule has 0 unspecified atom stereocenters. The van der Waals surface area contributed by atoms with Gasteiger partial charge in [-0.1, -0.05) is 6.07 Å². The molecule has 7 heteroatoms. The highest BCUT2D eigenvalue weighted by atomic mass is 16.4. The minimum Gasteiger partial charge on any atom is -0.480 e. The van der Waals surface area contributed by atoms with Crippen molar-refractivity contribution in [2.24, 2.45) is 0 Å². The van der Waals surface area contributed by atoms with Crippen LogP contribution in [0.5, 0.6) is 0 Å². The van der Waals surface area contributed by atoms with E-state index >= 15 is 0 Å². The quantitative estimate of drug-likeness (QED) is 0.873. The van der Waals surface area contributed by atoms with E-state index in [0.717, 1.165) is 11.3 Å². The number of urea groups is 1. The molecule has 0 aromatic heterocycles. The maximum atomic E-state index is 12.4. The Balaban J connectivity index is 2.22. The first-order chi connectivity index (χ1) is 10.4. The van der Waals surface area contributed by atoms with Crippen LogP contribution in [0.3, 0.4) is 0 Å². The molecule has 0 saturated carbocycles. The van der Waals surface area contributed by atoms with Crippen molar-refractivity contribution in [2.75, 3.05) is 25.0 Å². The maximum absolute atomic E-state index is 12.4. The molecule has 0 spiro atoms. The third kappa shape index (κ3) is 3.19. The molecule has 1 atom stereocenters. The lowest BCUT2D eigenvalue weighted by molar-refractivity contribution is -0.141. The third-order valence-corrected chi connectivity index (χ3v) is 3.74. The summed E-state index contributed by atoms with van der Waals surface area (Å²) in [7, 11) is 1.45. The fourth-order valence-corrected chi connectivity index (χ4v) is 2.23. The molecule has 1 aliphatic rings. The van der Waals surface area contributed by atoms with E-state index in [-0.39, 0.29) is 6.03 Å². The molecule has 1 aromatic carbocycles. The van der Waals surface area contributed by atoms with Gasteiger partial charge in [0.1, 0.15) is 6.04 Å². The Labute approximate surface area is 128 Å². The number of likely N-dealkylation sites (N-methyl/N-ethyl adjacent to an activating group) is 1. The third-order valence-electron chi connectivity index (χ3n) is 3.74. The fraction of sp³-hybridized carbons (Fsp3) is 0.400. The van der Waals surface area contributed by atoms with Crippen molar-refractivity contribution in [2.45, 2.75) is 19.4 Å². The van der Waals surface area contributed by atoms with Gasteiger partial charge in [-0.05, 0) is 31.5 Å². The Morgan fingerprint density at radius 3 is 2.77 bits per heavy atom. The van der Waals surface area contributed by atoms with E-state index in [0.29, 0.717) is 24.3 Å². The number of nitrogens with zero attached hydrogens (tertiary/aromatic N) is 2. The van der Waals surface area contributed by atoms with E-state index in [1.165, 1.54) is 14.0 Å². The molecule has 1 heterocycles. The van der Waals surface area contributed by atoms with Gasteiger partial charge in [-0.15, -0.1) is 0 Å². The van der Waals surface area contributed by atoms with Crippen molar-refractivity contribution >= 4 is 23.6 Å². The monoisotopic (exact) mass is 305 g/mol. The highest BCUT2D eigenvalue weighted by Crippen LogP contribution is 2.19. The predicted octanol–water partition coefficient (Wildman–Crippen LogP) is 1.15. The lowest BCUT2D eigenvalue weighted by atomic mass is 10.1. The van der Waals surface area contributed by atoms with E-state index in [2.05, 4.69) is 5.32 Å². The molecule has 0 aliphatic carbocycles. The molecule has 2 rings (SSSR count). The largest absolute Gasteiger partial charge is 0.480 e. The first-order valence-corrected chi connectivity index (χ1v) is 7.07. The summed E-state index contributed by atoms with van der Waals surface area (Å²) in [4.78, 5) is 37.9. The second kappa shape index (κ2) is 6.46. The van der Waals surface area contributed by atoms with Crippen LogP contribution in [-0.4, -0.2) is 54.1 Å². The zero-order chi connectivity index (χ0) is 16.3. The number of carboxylic acid groups (broad SMARTS) is 1. The Hall–Kier alpha value is -2.57. The van der Waals surface area contributed by atoms with Crippen molar-refractivity contribution in [1.82, 2.24) is 10.2 Å². The average molecular weight is 305 g/mol. The number of aliphatic carboxylic acids is 1. The van der Waals surface area contributed by atoms with Crippen LogP contribution >= 0.6 is 0 Å². The first-order valence-electron chi connectivity index (χ1n) is 7.07. The fourth-order valence-electron chi connectivity index (χ4n) is 2.23. The molecular formula is C15H19N3O4. The Kier molecular flexibility index (Phi) is 4.65. The molecule has 22 heavy (non-hydrogen) atoms. The second-order valence-corrected chi connectivity index (χ2v) is 5.22. The summed E-state index contributed by atoms with van der Waals surface area (Å²) in [6, 6.07) is 5.54. The second-order valence-electron chi connectivity index (χ2n) is 5.22. The molecule has 0 radical (unpaired) electrons. The van der Waals surface area contributed by atoms with Crippen molar-refractivity contribution in [1.29, 1.82) is 0 Å². The van der Waals surface area contributed by atoms with E-state index in [4.69, 9.17) is 5.11 Å². The lowest BCUT2D eigenvalue weighted by Crippen LogP contribution is -2.46. The summed E-state index contributed by atoms with van der Waals surface area (Å²) in [6.45, 7) is 2.68. The smallest absolute Gasteiger partial charge is 0.326 e. The summed E-state index contributed by atoms with van der Waals surface area (Å²) in [5.41, 5.74) is 0.978. The minimum atomic E-state index is -1.07. The number of amides is 3. The summed E-state index contributed by atoms with van der Waals surface area (Å²) < 4.78 is 0. The Morgan fingerprint density at radius 1 is 1.41 bits per heavy atom. The van der Waals surface area contributed by atoms with Crippen molar-refractivity contribution in [3.8, 4) is 0 Å². The van der Waals surface area contributed by atoms with Crippen LogP contribution in [0.1, 0.15) is 23.7 Å². The van der Waals surface area contributed by atoms with Gasteiger partial charge in [0.25, 0.3) is 5.91 Å². The lowest BCUT2D eigenvalue weighted by Gasteiger charge is -2.28. The van der Waals surface area contributed by atoms with Gasteiger partial charge in [0.15, 0.2) is 0 Å². The van der Waals surface area contributed by atoms with Crippen molar-refractivity contribution in [3.63, 3.8) is 0 Å². The molecule has 0 bridgehead atoms. The number of hydrogen-bond donors (Lipinski definition) is 2. The van der Waals surface area contributed by atoms with Gasteiger partial charge < -0.3 is 15.3 Å². The number of anilines is 1. The minimum absolute atomic E-state index is 0.192. The molecule has 1 aromatic rings. The molecule has 1 saturated heterocycles. The van der Waals surface area contributed by atoms with Crippen LogP contribution in [0, 0.1) is 0 Å². The summed E-state index contributed by atoms with van der Waals surface area (Å²) in [6.07, 6.45) is 0.833. The van der Waals surface area contributed by atoms with Gasteiger partial charge in [-0.3, -0.25) is 9.69 Å². The van der Waals surface area contributed by atoms with Gasteiger partial charge in [-0.25, -0.2) is 9.59 Å². The maximum Gasteiger partial charge on any atom is 0.326 e. The molecular weight excluding hydrogens is 286 g/mol. The molecule has 1 aliphatic heterocycles. The van der Waals surface area contributed by atoms with Crippen LogP contribution in [0.4, 0.5) is 10.5 Å². The number of nitrogens with one attached hydrogen (secondary N) is 1. The van der Waals surface area contributed by atoms with Crippen LogP contribution < -0.4 is 10.2 Å². The highest BCUT2D eigenvalue weighted by Gasteiger charge is 2.24. The Bertz CT molecular complexity index is 602. The van der Waals surface area contributed by atoms with Gasteiger partial charge in [-0.2, -0.15) is 0 Å². The molecule has 2 N–H and O–H groups in total. The number of carboxylic acids is 1. The van der Waals surface area contributed by atoms with Crippen LogP contribution in [-0.2, 0) is 4.79 Å². The number of hydrogen-bond acceptors (Lipinski definition) is 3. The first kappa shape index (κ1) is 15.8. The van der Waals surface area contributed by atoms with E-state index in [1.807, 2.05) is 0 Å². The summed E-state index contributed by atoms with van der Waals surface area (Å²) in [5, 5.41) is 11.7. The normalized spacial score (nSPS) is 15.9. The van der Waals surface area contributed by atoms with Gasteiger partial charge in [0.2, 0.25) is 0 Å². The van der Waals surface area contributed by atoms with E-state index in [9.17, 15) is 14.4 Å². The highest BCUT2D eigenvalue weighted by molar-refractivity contribution is 5.99.